The summed E-state index contributed by atoms with van der Waals surface area (Å²) >= 11 is 0. The van der Waals surface area contributed by atoms with E-state index >= 15 is 0 Å². The zero-order valence-corrected chi connectivity index (χ0v) is 19.8. The molecule has 4 aromatic rings. The quantitative estimate of drug-likeness (QED) is 0.170. The number of hydrogen-bond donors (Lipinski definition) is 0. The van der Waals surface area contributed by atoms with E-state index in [1.54, 1.807) is 0 Å². The van der Waals surface area contributed by atoms with Gasteiger partial charge in [-0.15, -0.1) is 0 Å². The normalized spacial score (nSPS) is 22.3. The summed E-state index contributed by atoms with van der Waals surface area (Å²) in [5, 5.41) is 0. The predicted molar refractivity (Wildman–Crippen MR) is 141 cm³/mol. The minimum absolute atomic E-state index is 0.0542. The van der Waals surface area contributed by atoms with Crippen LogP contribution in [0.3, 0.4) is 0 Å². The van der Waals surface area contributed by atoms with Gasteiger partial charge in [0.1, 0.15) is 6.10 Å². The third-order valence-electron chi connectivity index (χ3n) is 7.47. The topological polar surface area (TPSA) is 43.4 Å². The summed E-state index contributed by atoms with van der Waals surface area (Å²) in [5.41, 5.74) is 6.02. The van der Waals surface area contributed by atoms with Crippen LogP contribution in [0.2, 0.25) is 0 Å². The van der Waals surface area contributed by atoms with Crippen molar-refractivity contribution >= 4 is 23.9 Å². The van der Waals surface area contributed by atoms with Crippen LogP contribution in [-0.4, -0.2) is 11.8 Å². The molecule has 4 atom stereocenters. The van der Waals surface area contributed by atoms with Crippen molar-refractivity contribution in [1.29, 1.82) is 0 Å². The minimum Gasteiger partial charge on any atom is -0.457 e. The van der Waals surface area contributed by atoms with Gasteiger partial charge >= 0.3 is 5.97 Å². The summed E-state index contributed by atoms with van der Waals surface area (Å²) in [6.07, 6.45) is 4.07. The Bertz CT molecular complexity index is 1440. The Morgan fingerprint density at radius 2 is 1.28 bits per heavy atom. The van der Waals surface area contributed by atoms with Crippen molar-refractivity contribution in [3.8, 4) is 0 Å². The molecular weight excluding hydrogens is 444 g/mol. The molecule has 0 spiro atoms. The zero-order valence-electron chi connectivity index (χ0n) is 19.8. The minimum atomic E-state index is -0.392. The molecule has 1 fully saturated rings. The number of fused-ring (bicyclic) bond motifs is 3. The van der Waals surface area contributed by atoms with Gasteiger partial charge in [-0.05, 0) is 22.3 Å². The summed E-state index contributed by atoms with van der Waals surface area (Å²) in [4.78, 5) is 26.5. The van der Waals surface area contributed by atoms with Crippen molar-refractivity contribution in [2.45, 2.75) is 24.4 Å². The summed E-state index contributed by atoms with van der Waals surface area (Å²) < 4.78 is 6.10. The highest BCUT2D eigenvalue weighted by molar-refractivity contribution is 5.97. The van der Waals surface area contributed by atoms with Crippen molar-refractivity contribution < 1.29 is 14.3 Å². The number of carbonyl (C=O) groups is 2. The van der Waals surface area contributed by atoms with Crippen molar-refractivity contribution in [2.75, 3.05) is 0 Å². The highest BCUT2D eigenvalue weighted by Gasteiger charge is 2.55. The molecule has 0 bridgehead atoms. The van der Waals surface area contributed by atoms with Crippen LogP contribution in [0.25, 0.3) is 12.2 Å². The number of rotatable bonds is 6. The van der Waals surface area contributed by atoms with Gasteiger partial charge in [-0.3, -0.25) is 9.59 Å². The van der Waals surface area contributed by atoms with E-state index in [2.05, 4.69) is 48.6 Å². The zero-order chi connectivity index (χ0) is 24.5. The van der Waals surface area contributed by atoms with Gasteiger partial charge in [-0.1, -0.05) is 121 Å². The molecule has 0 unspecified atom stereocenters. The number of ether oxygens (including phenoxy) is 1. The fourth-order valence-corrected chi connectivity index (χ4v) is 5.84. The fraction of sp³-hybridized carbons (Fsp3) is 0.152. The van der Waals surface area contributed by atoms with E-state index in [4.69, 9.17) is 4.74 Å². The number of hydrogen-bond acceptors (Lipinski definition) is 3. The van der Waals surface area contributed by atoms with Crippen LogP contribution in [-0.2, 0) is 9.53 Å². The number of cyclic esters (lactones) is 1. The maximum Gasteiger partial charge on any atom is 0.310 e. The highest BCUT2D eigenvalue weighted by atomic mass is 16.6. The Morgan fingerprint density at radius 1 is 0.667 bits per heavy atom. The van der Waals surface area contributed by atoms with Crippen molar-refractivity contribution in [1.82, 2.24) is 0 Å². The SMILES string of the molecule is O=C(C[C@H]1c2ccccc2[C@@H]2[C@H]1C(=O)O[C@@H]2c1ccccc1/C=C/c1ccccc1)c1ccccc1. The summed E-state index contributed by atoms with van der Waals surface area (Å²) in [5.74, 6) is -0.837. The van der Waals surface area contributed by atoms with Gasteiger partial charge in [0.25, 0.3) is 0 Å². The summed E-state index contributed by atoms with van der Waals surface area (Å²) in [7, 11) is 0. The average molecular weight is 471 g/mol. The molecule has 3 nitrogen and oxygen atoms in total. The van der Waals surface area contributed by atoms with E-state index < -0.39 is 6.10 Å². The molecular formula is C33H26O3. The Kier molecular flexibility index (Phi) is 5.82. The van der Waals surface area contributed by atoms with E-state index in [1.165, 1.54) is 0 Å². The molecule has 0 saturated carbocycles. The van der Waals surface area contributed by atoms with E-state index in [9.17, 15) is 9.59 Å². The number of carbonyl (C=O) groups excluding carboxylic acids is 2. The highest BCUT2D eigenvalue weighted by Crippen LogP contribution is 2.59. The van der Waals surface area contributed by atoms with E-state index in [0.29, 0.717) is 12.0 Å². The molecule has 176 valence electrons. The number of ketones is 1. The molecule has 1 aliphatic carbocycles. The number of Topliss-reactive ketones (excluding diaryl/α,β-unsaturated/α-hetero) is 1. The third kappa shape index (κ3) is 3.97. The Labute approximate surface area is 211 Å². The molecule has 0 radical (unpaired) electrons. The monoisotopic (exact) mass is 470 g/mol. The van der Waals surface area contributed by atoms with Gasteiger partial charge in [0, 0.05) is 29.4 Å². The fourth-order valence-electron chi connectivity index (χ4n) is 5.84. The lowest BCUT2D eigenvalue weighted by Crippen LogP contribution is -2.19. The molecule has 0 N–H and O–H groups in total. The van der Waals surface area contributed by atoms with E-state index in [0.717, 1.165) is 27.8 Å². The van der Waals surface area contributed by atoms with Crippen molar-refractivity contribution in [3.63, 3.8) is 0 Å². The Hall–Kier alpha value is -4.24. The van der Waals surface area contributed by atoms with Gasteiger partial charge in [-0.2, -0.15) is 0 Å². The lowest BCUT2D eigenvalue weighted by molar-refractivity contribution is -0.145. The Morgan fingerprint density at radius 3 is 2.03 bits per heavy atom. The molecule has 0 aromatic heterocycles. The predicted octanol–water partition coefficient (Wildman–Crippen LogP) is 7.23. The molecule has 6 rings (SSSR count). The summed E-state index contributed by atoms with van der Waals surface area (Å²) in [6, 6.07) is 35.8. The van der Waals surface area contributed by atoms with Gasteiger partial charge in [0.15, 0.2) is 5.78 Å². The van der Waals surface area contributed by atoms with Crippen LogP contribution < -0.4 is 0 Å². The largest absolute Gasteiger partial charge is 0.457 e. The standard InChI is InChI=1S/C33H26O3/c34-29(24-14-5-2-6-15-24)21-28-26-17-9-10-18-27(26)30-31(28)33(35)36-32(30)25-16-8-7-13-23(25)20-19-22-11-3-1-4-12-22/h1-20,28,30-32H,21H2/b20-19+/t28-,30+,31-,32+/m0/s1. The molecule has 0 amide bonds. The van der Waals surface area contributed by atoms with Crippen LogP contribution in [0.15, 0.2) is 109 Å². The maximum absolute atomic E-state index is 13.4. The Balaban J connectivity index is 1.36. The second-order valence-electron chi connectivity index (χ2n) is 9.51. The average Bonchev–Trinajstić information content (AvgIpc) is 3.44. The maximum atomic E-state index is 13.4. The van der Waals surface area contributed by atoms with Gasteiger partial charge in [0.2, 0.25) is 0 Å². The van der Waals surface area contributed by atoms with Crippen LogP contribution in [0, 0.1) is 5.92 Å². The molecule has 4 aromatic carbocycles. The first-order chi connectivity index (χ1) is 17.7. The smallest absolute Gasteiger partial charge is 0.310 e. The molecule has 1 saturated heterocycles. The first kappa shape index (κ1) is 22.2. The van der Waals surface area contributed by atoms with Crippen molar-refractivity contribution in [2.24, 2.45) is 5.92 Å². The van der Waals surface area contributed by atoms with Crippen LogP contribution in [0.4, 0.5) is 0 Å². The van der Waals surface area contributed by atoms with E-state index in [1.807, 2.05) is 72.8 Å². The lowest BCUT2D eigenvalue weighted by Gasteiger charge is -2.20. The van der Waals surface area contributed by atoms with Gasteiger partial charge in [-0.25, -0.2) is 0 Å². The number of esters is 1. The van der Waals surface area contributed by atoms with Crippen LogP contribution in [0.5, 0.6) is 0 Å². The van der Waals surface area contributed by atoms with Gasteiger partial charge < -0.3 is 4.74 Å². The van der Waals surface area contributed by atoms with Crippen LogP contribution >= 0.6 is 0 Å². The van der Waals surface area contributed by atoms with Crippen LogP contribution in [0.1, 0.15) is 62.5 Å². The van der Waals surface area contributed by atoms with Gasteiger partial charge in [0.05, 0.1) is 5.92 Å². The lowest BCUT2D eigenvalue weighted by atomic mass is 9.81. The molecule has 36 heavy (non-hydrogen) atoms. The van der Waals surface area contributed by atoms with E-state index in [-0.39, 0.29) is 29.5 Å². The first-order valence-corrected chi connectivity index (χ1v) is 12.4. The molecule has 2 aliphatic rings. The molecule has 1 aliphatic heterocycles. The number of benzene rings is 4. The van der Waals surface area contributed by atoms with Crippen molar-refractivity contribution in [3.05, 3.63) is 143 Å². The summed E-state index contributed by atoms with van der Waals surface area (Å²) in [6.45, 7) is 0. The molecule has 1 heterocycles. The third-order valence-corrected chi connectivity index (χ3v) is 7.47. The second kappa shape index (κ2) is 9.43. The second-order valence-corrected chi connectivity index (χ2v) is 9.51. The first-order valence-electron chi connectivity index (χ1n) is 12.4. The molecule has 3 heteroatoms.